The fourth-order valence-electron chi connectivity index (χ4n) is 1.09. The van der Waals surface area contributed by atoms with Crippen molar-refractivity contribution in [3.63, 3.8) is 0 Å². The van der Waals surface area contributed by atoms with E-state index in [1.165, 1.54) is 11.3 Å². The van der Waals surface area contributed by atoms with Crippen molar-refractivity contribution >= 4 is 44.8 Å². The van der Waals surface area contributed by atoms with Crippen LogP contribution >= 0.6 is 38.9 Å². The monoisotopic (exact) mass is 309 g/mol. The predicted molar refractivity (Wildman–Crippen MR) is 68.9 cm³/mol. The average Bonchev–Trinajstić information content (AvgIpc) is 2.59. The van der Waals surface area contributed by atoms with Gasteiger partial charge < -0.3 is 4.90 Å². The van der Waals surface area contributed by atoms with Gasteiger partial charge in [0, 0.05) is 23.4 Å². The Hall–Kier alpha value is -0.0600. The minimum atomic E-state index is 0.0502. The van der Waals surface area contributed by atoms with Gasteiger partial charge in [-0.2, -0.15) is 0 Å². The molecule has 1 aromatic rings. The van der Waals surface area contributed by atoms with Crippen molar-refractivity contribution in [2.45, 2.75) is 18.7 Å². The van der Waals surface area contributed by atoms with Gasteiger partial charge in [-0.25, -0.2) is 0 Å². The van der Waals surface area contributed by atoms with Gasteiger partial charge in [0.1, 0.15) is 4.88 Å². The maximum atomic E-state index is 11.9. The number of halogens is 2. The molecule has 1 amide bonds. The summed E-state index contributed by atoms with van der Waals surface area (Å²) >= 11 is 10.6. The van der Waals surface area contributed by atoms with Crippen LogP contribution in [-0.4, -0.2) is 29.8 Å². The van der Waals surface area contributed by atoms with E-state index >= 15 is 0 Å². The van der Waals surface area contributed by atoms with E-state index in [2.05, 4.69) is 15.9 Å². The number of rotatable bonds is 4. The van der Waals surface area contributed by atoms with Crippen LogP contribution in [-0.2, 0) is 0 Å². The molecular formula is C10H13BrClNOS. The zero-order valence-electron chi connectivity index (χ0n) is 8.67. The number of carbonyl (C=O) groups excluding carboxylic acids is 1. The molecule has 1 atom stereocenters. The van der Waals surface area contributed by atoms with Gasteiger partial charge in [-0.05, 0) is 40.7 Å². The summed E-state index contributed by atoms with van der Waals surface area (Å²) in [5, 5.41) is 2.00. The molecule has 0 saturated carbocycles. The van der Waals surface area contributed by atoms with Gasteiger partial charge in [0.15, 0.2) is 0 Å². The lowest BCUT2D eigenvalue weighted by molar-refractivity contribution is 0.0797. The fourth-order valence-corrected chi connectivity index (χ4v) is 2.72. The first-order chi connectivity index (χ1) is 7.02. The topological polar surface area (TPSA) is 20.3 Å². The van der Waals surface area contributed by atoms with E-state index in [4.69, 9.17) is 11.6 Å². The maximum Gasteiger partial charge on any atom is 0.264 e. The largest absolute Gasteiger partial charge is 0.341 e. The second kappa shape index (κ2) is 5.87. The molecule has 0 aliphatic carbocycles. The molecule has 0 aliphatic heterocycles. The summed E-state index contributed by atoms with van der Waals surface area (Å²) in [6.45, 7) is 2.62. The van der Waals surface area contributed by atoms with Crippen LogP contribution in [0.2, 0.25) is 0 Å². The van der Waals surface area contributed by atoms with E-state index in [1.54, 1.807) is 11.9 Å². The number of alkyl halides is 1. The van der Waals surface area contributed by atoms with E-state index in [-0.39, 0.29) is 11.3 Å². The van der Waals surface area contributed by atoms with E-state index in [0.29, 0.717) is 6.54 Å². The summed E-state index contributed by atoms with van der Waals surface area (Å²) in [5.41, 5.74) is 0. The highest BCUT2D eigenvalue weighted by molar-refractivity contribution is 9.10. The van der Waals surface area contributed by atoms with Crippen molar-refractivity contribution in [2.75, 3.05) is 13.6 Å². The Bertz CT molecular complexity index is 340. The van der Waals surface area contributed by atoms with Crippen molar-refractivity contribution in [1.29, 1.82) is 0 Å². The third-order valence-electron chi connectivity index (χ3n) is 2.02. The number of thiophene rings is 1. The number of hydrogen-bond acceptors (Lipinski definition) is 2. The van der Waals surface area contributed by atoms with Gasteiger partial charge in [0.25, 0.3) is 5.91 Å². The van der Waals surface area contributed by atoms with Crippen LogP contribution in [0.4, 0.5) is 0 Å². The van der Waals surface area contributed by atoms with E-state index < -0.39 is 0 Å². The van der Waals surface area contributed by atoms with Gasteiger partial charge >= 0.3 is 0 Å². The standard InChI is InChI=1S/C10H13BrClNOS/c1-7(12)3-5-13(2)10(14)9-8(11)4-6-15-9/h4,6-7H,3,5H2,1-2H3. The van der Waals surface area contributed by atoms with Crippen molar-refractivity contribution in [1.82, 2.24) is 4.90 Å². The summed E-state index contributed by atoms with van der Waals surface area (Å²) in [4.78, 5) is 14.4. The van der Waals surface area contributed by atoms with Crippen LogP contribution in [0.3, 0.4) is 0 Å². The van der Waals surface area contributed by atoms with Crippen molar-refractivity contribution < 1.29 is 4.79 Å². The van der Waals surface area contributed by atoms with Crippen LogP contribution in [0.5, 0.6) is 0 Å². The SMILES string of the molecule is CC(Cl)CCN(C)C(=O)c1sccc1Br. The lowest BCUT2D eigenvalue weighted by Crippen LogP contribution is -2.28. The third kappa shape index (κ3) is 3.78. The molecule has 84 valence electrons. The molecule has 0 N–H and O–H groups in total. The Morgan fingerprint density at radius 2 is 2.40 bits per heavy atom. The van der Waals surface area contributed by atoms with Crippen molar-refractivity contribution in [3.8, 4) is 0 Å². The average molecular weight is 311 g/mol. The molecule has 0 spiro atoms. The summed E-state index contributed by atoms with van der Waals surface area (Å²) in [5.74, 6) is 0.0502. The van der Waals surface area contributed by atoms with Crippen LogP contribution in [0, 0.1) is 0 Å². The minimum absolute atomic E-state index is 0.0502. The van der Waals surface area contributed by atoms with Crippen LogP contribution in [0.25, 0.3) is 0 Å². The normalized spacial score (nSPS) is 12.5. The Morgan fingerprint density at radius 1 is 1.73 bits per heavy atom. The quantitative estimate of drug-likeness (QED) is 0.778. The van der Waals surface area contributed by atoms with E-state index in [9.17, 15) is 4.79 Å². The molecule has 1 unspecified atom stereocenters. The number of amides is 1. The van der Waals surface area contributed by atoms with E-state index in [0.717, 1.165) is 15.8 Å². The first kappa shape index (κ1) is 13.0. The Balaban J connectivity index is 2.57. The van der Waals surface area contributed by atoms with E-state index in [1.807, 2.05) is 18.4 Å². The molecule has 0 saturated heterocycles. The molecule has 15 heavy (non-hydrogen) atoms. The molecule has 0 bridgehead atoms. The van der Waals surface area contributed by atoms with Crippen LogP contribution < -0.4 is 0 Å². The van der Waals surface area contributed by atoms with Gasteiger partial charge in [-0.3, -0.25) is 4.79 Å². The molecule has 1 heterocycles. The summed E-state index contributed by atoms with van der Waals surface area (Å²) < 4.78 is 0.864. The maximum absolute atomic E-state index is 11.9. The van der Waals surface area contributed by atoms with Crippen LogP contribution in [0.15, 0.2) is 15.9 Å². The Kier molecular flexibility index (Phi) is 5.09. The number of nitrogens with zero attached hydrogens (tertiary/aromatic N) is 1. The minimum Gasteiger partial charge on any atom is -0.341 e. The highest BCUT2D eigenvalue weighted by Gasteiger charge is 2.16. The van der Waals surface area contributed by atoms with Crippen molar-refractivity contribution in [3.05, 3.63) is 20.8 Å². The van der Waals surface area contributed by atoms with Gasteiger partial charge in [0.2, 0.25) is 0 Å². The third-order valence-corrected chi connectivity index (χ3v) is 4.06. The summed E-state index contributed by atoms with van der Waals surface area (Å²) in [7, 11) is 1.80. The second-order valence-electron chi connectivity index (χ2n) is 3.39. The van der Waals surface area contributed by atoms with Crippen LogP contribution in [0.1, 0.15) is 23.0 Å². The van der Waals surface area contributed by atoms with Gasteiger partial charge in [-0.1, -0.05) is 0 Å². The molecular weight excluding hydrogens is 298 g/mol. The lowest BCUT2D eigenvalue weighted by Gasteiger charge is -2.17. The van der Waals surface area contributed by atoms with Gasteiger partial charge in [-0.15, -0.1) is 22.9 Å². The Labute approximate surface area is 107 Å². The number of hydrogen-bond donors (Lipinski definition) is 0. The van der Waals surface area contributed by atoms with Crippen molar-refractivity contribution in [2.24, 2.45) is 0 Å². The molecule has 1 aromatic heterocycles. The molecule has 1 rings (SSSR count). The molecule has 0 aromatic carbocycles. The zero-order valence-corrected chi connectivity index (χ0v) is 11.8. The highest BCUT2D eigenvalue weighted by atomic mass is 79.9. The first-order valence-electron chi connectivity index (χ1n) is 4.65. The smallest absolute Gasteiger partial charge is 0.264 e. The molecule has 5 heteroatoms. The molecule has 2 nitrogen and oxygen atoms in total. The zero-order chi connectivity index (χ0) is 11.4. The lowest BCUT2D eigenvalue weighted by atomic mass is 10.3. The molecule has 0 aliphatic rings. The predicted octanol–water partition coefficient (Wildman–Crippen LogP) is 3.60. The Morgan fingerprint density at radius 3 is 2.87 bits per heavy atom. The highest BCUT2D eigenvalue weighted by Crippen LogP contribution is 2.23. The second-order valence-corrected chi connectivity index (χ2v) is 5.91. The fraction of sp³-hybridized carbons (Fsp3) is 0.500. The molecule has 0 fully saturated rings. The first-order valence-corrected chi connectivity index (χ1v) is 6.75. The summed E-state index contributed by atoms with van der Waals surface area (Å²) in [6.07, 6.45) is 0.812. The van der Waals surface area contributed by atoms with Gasteiger partial charge in [0.05, 0.1) is 0 Å². The molecule has 0 radical (unpaired) electrons. The number of carbonyl (C=O) groups is 1. The summed E-state index contributed by atoms with van der Waals surface area (Å²) in [6, 6.07) is 1.88.